The molecule has 3 amide bonds. The van der Waals surface area contributed by atoms with Gasteiger partial charge in [0.1, 0.15) is 0 Å². The number of nitrogens with two attached hydrogens (primary N) is 1. The molecule has 1 aromatic rings. The number of amides is 3. The Labute approximate surface area is 191 Å². The van der Waals surface area contributed by atoms with Crippen molar-refractivity contribution >= 4 is 71.2 Å². The molecule has 0 aromatic heterocycles. The summed E-state index contributed by atoms with van der Waals surface area (Å²) >= 11 is 9.56. The lowest BCUT2D eigenvalue weighted by atomic mass is 10.1. The van der Waals surface area contributed by atoms with Crippen LogP contribution in [0.1, 0.15) is 33.6 Å². The van der Waals surface area contributed by atoms with Crippen molar-refractivity contribution in [2.45, 2.75) is 25.0 Å². The van der Waals surface area contributed by atoms with Gasteiger partial charge < -0.3 is 36.8 Å². The molecule has 0 saturated heterocycles. The molecule has 0 bridgehead atoms. The topological polar surface area (TPSA) is 182 Å². The van der Waals surface area contributed by atoms with Crippen LogP contribution < -0.4 is 16.4 Å². The predicted octanol–water partition coefficient (Wildman–Crippen LogP) is 0.228. The molecule has 0 aliphatic heterocycles. The second-order valence-electron chi connectivity index (χ2n) is 5.82. The van der Waals surface area contributed by atoms with Gasteiger partial charge in [-0.1, -0.05) is 0 Å². The van der Waals surface area contributed by atoms with E-state index in [2.05, 4.69) is 58.4 Å². The summed E-state index contributed by atoms with van der Waals surface area (Å²) < 4.78 is 0.211. The number of anilines is 1. The lowest BCUT2D eigenvalue weighted by Gasteiger charge is -2.23. The molecule has 2 atom stereocenters. The summed E-state index contributed by atoms with van der Waals surface area (Å²) in [6, 6.07) is -1.19. The first-order valence-corrected chi connectivity index (χ1v) is 10.6. The third-order valence-corrected chi connectivity index (χ3v) is 6.16. The van der Waals surface area contributed by atoms with Crippen LogP contribution in [0.4, 0.5) is 5.69 Å². The third-order valence-electron chi connectivity index (χ3n) is 3.78. The fourth-order valence-electron chi connectivity index (χ4n) is 2.26. The van der Waals surface area contributed by atoms with E-state index in [1.54, 1.807) is 0 Å². The average Bonchev–Trinajstić information content (AvgIpc) is 2.66. The van der Waals surface area contributed by atoms with Gasteiger partial charge in [-0.3, -0.25) is 14.4 Å². The number of benzene rings is 1. The predicted molar refractivity (Wildman–Crippen MR) is 114 cm³/mol. The quantitative estimate of drug-likeness (QED) is 0.199. The van der Waals surface area contributed by atoms with Gasteiger partial charge in [-0.15, -0.1) is 0 Å². The van der Waals surface area contributed by atoms with E-state index in [1.165, 1.54) is 0 Å². The van der Waals surface area contributed by atoms with Crippen LogP contribution in [-0.4, -0.2) is 70.1 Å². The molecule has 1 aromatic carbocycles. The van der Waals surface area contributed by atoms with E-state index in [-0.39, 0.29) is 49.7 Å². The van der Waals surface area contributed by atoms with Crippen LogP contribution in [0, 0.1) is 0 Å². The number of primary amides is 1. The molecule has 0 aliphatic rings. The standard InChI is InChI=1S/C16H20Br3N3O7/c17-11-9(15(20)28)12(18)14(22-8(27)2-1-3-23)13(19)10(11)16(29)21-6(4-24)7(26)5-25/h6-7,23-26H,1-5H2,(H2,20,28)(H,21,29)(H,22,27). The zero-order valence-electron chi connectivity index (χ0n) is 14.9. The van der Waals surface area contributed by atoms with Gasteiger partial charge in [0.05, 0.1) is 51.1 Å². The van der Waals surface area contributed by atoms with Crippen LogP contribution in [0.2, 0.25) is 0 Å². The summed E-state index contributed by atoms with van der Waals surface area (Å²) in [4.78, 5) is 36.8. The van der Waals surface area contributed by atoms with E-state index in [9.17, 15) is 24.6 Å². The fourth-order valence-corrected chi connectivity index (χ4v) is 5.20. The van der Waals surface area contributed by atoms with Gasteiger partial charge in [-0.25, -0.2) is 0 Å². The van der Waals surface area contributed by atoms with Crippen molar-refractivity contribution in [3.8, 4) is 0 Å². The lowest BCUT2D eigenvalue weighted by molar-refractivity contribution is -0.116. The van der Waals surface area contributed by atoms with Gasteiger partial charge in [-0.05, 0) is 54.2 Å². The van der Waals surface area contributed by atoms with Gasteiger partial charge in [0.2, 0.25) is 5.91 Å². The van der Waals surface area contributed by atoms with Gasteiger partial charge in [-0.2, -0.15) is 0 Å². The highest BCUT2D eigenvalue weighted by Crippen LogP contribution is 2.42. The van der Waals surface area contributed by atoms with Crippen LogP contribution >= 0.6 is 47.8 Å². The minimum Gasteiger partial charge on any atom is -0.396 e. The molecule has 1 rings (SSSR count). The number of aliphatic hydroxyl groups is 4. The maximum absolute atomic E-state index is 12.8. The summed E-state index contributed by atoms with van der Waals surface area (Å²) in [5.41, 5.74) is 5.20. The van der Waals surface area contributed by atoms with E-state index in [4.69, 9.17) is 15.9 Å². The Balaban J connectivity index is 3.47. The zero-order chi connectivity index (χ0) is 22.3. The Bertz CT molecular complexity index is 792. The van der Waals surface area contributed by atoms with Crippen molar-refractivity contribution in [3.63, 3.8) is 0 Å². The second-order valence-corrected chi connectivity index (χ2v) is 8.20. The first kappa shape index (κ1) is 25.9. The second kappa shape index (κ2) is 11.9. The molecule has 2 unspecified atom stereocenters. The van der Waals surface area contributed by atoms with Crippen molar-refractivity contribution in [2.24, 2.45) is 5.73 Å². The smallest absolute Gasteiger partial charge is 0.254 e. The fraction of sp³-hybridized carbons (Fsp3) is 0.438. The molecular formula is C16H20Br3N3O7. The van der Waals surface area contributed by atoms with Gasteiger partial charge in [0.25, 0.3) is 11.8 Å². The van der Waals surface area contributed by atoms with Gasteiger partial charge >= 0.3 is 0 Å². The molecule has 0 spiro atoms. The highest BCUT2D eigenvalue weighted by molar-refractivity contribution is 9.11. The molecule has 0 aliphatic carbocycles. The minimum absolute atomic E-state index is 0.00443. The number of nitrogens with one attached hydrogen (secondary N) is 2. The van der Waals surface area contributed by atoms with Crippen molar-refractivity contribution in [3.05, 3.63) is 24.5 Å². The first-order chi connectivity index (χ1) is 13.6. The highest BCUT2D eigenvalue weighted by Gasteiger charge is 2.29. The van der Waals surface area contributed by atoms with E-state index in [0.717, 1.165) is 0 Å². The van der Waals surface area contributed by atoms with Gasteiger partial charge in [0.15, 0.2) is 0 Å². The number of rotatable bonds is 10. The highest BCUT2D eigenvalue weighted by atomic mass is 79.9. The SMILES string of the molecule is NC(=O)c1c(Br)c(NC(=O)CCCO)c(Br)c(C(=O)NC(CO)C(O)CO)c1Br. The number of hydrogen-bond acceptors (Lipinski definition) is 7. The minimum atomic E-state index is -1.43. The molecule has 0 radical (unpaired) electrons. The van der Waals surface area contributed by atoms with E-state index < -0.39 is 43.1 Å². The van der Waals surface area contributed by atoms with Crippen LogP contribution in [0.25, 0.3) is 0 Å². The van der Waals surface area contributed by atoms with Gasteiger partial charge in [0, 0.05) is 17.5 Å². The molecule has 13 heteroatoms. The molecule has 29 heavy (non-hydrogen) atoms. The first-order valence-electron chi connectivity index (χ1n) is 8.22. The van der Waals surface area contributed by atoms with Crippen molar-refractivity contribution in [1.82, 2.24) is 5.32 Å². The van der Waals surface area contributed by atoms with E-state index in [1.807, 2.05) is 0 Å². The average molecular weight is 606 g/mol. The Morgan fingerprint density at radius 3 is 2.03 bits per heavy atom. The molecule has 10 nitrogen and oxygen atoms in total. The number of carbonyl (C=O) groups is 3. The summed E-state index contributed by atoms with van der Waals surface area (Å²) in [5, 5.41) is 41.8. The molecular weight excluding hydrogens is 586 g/mol. The van der Waals surface area contributed by atoms with Crippen LogP contribution in [0.15, 0.2) is 13.4 Å². The Kier molecular flexibility index (Phi) is 10.7. The van der Waals surface area contributed by atoms with Crippen molar-refractivity contribution in [2.75, 3.05) is 25.1 Å². The van der Waals surface area contributed by atoms with Crippen LogP contribution in [0.3, 0.4) is 0 Å². The maximum atomic E-state index is 12.8. The Hall–Kier alpha value is -1.09. The summed E-state index contributed by atoms with van der Waals surface area (Å²) in [6.45, 7) is -1.55. The third kappa shape index (κ3) is 6.44. The lowest BCUT2D eigenvalue weighted by Crippen LogP contribution is -2.47. The van der Waals surface area contributed by atoms with Crippen molar-refractivity contribution in [1.29, 1.82) is 0 Å². The molecule has 0 saturated carbocycles. The molecule has 0 heterocycles. The summed E-state index contributed by atoms with van der Waals surface area (Å²) in [5.74, 6) is -2.20. The Morgan fingerprint density at radius 1 is 0.966 bits per heavy atom. The Morgan fingerprint density at radius 2 is 1.55 bits per heavy atom. The summed E-state index contributed by atoms with van der Waals surface area (Å²) in [6.07, 6.45) is -1.22. The molecule has 0 fully saturated rings. The zero-order valence-corrected chi connectivity index (χ0v) is 19.7. The van der Waals surface area contributed by atoms with E-state index in [0.29, 0.717) is 0 Å². The number of carbonyl (C=O) groups excluding carboxylic acids is 3. The number of halogens is 3. The number of hydrogen-bond donors (Lipinski definition) is 7. The largest absolute Gasteiger partial charge is 0.396 e. The van der Waals surface area contributed by atoms with Crippen LogP contribution in [-0.2, 0) is 4.79 Å². The molecule has 8 N–H and O–H groups in total. The van der Waals surface area contributed by atoms with E-state index >= 15 is 0 Å². The summed E-state index contributed by atoms with van der Waals surface area (Å²) in [7, 11) is 0. The van der Waals surface area contributed by atoms with Crippen molar-refractivity contribution < 1.29 is 34.8 Å². The monoisotopic (exact) mass is 603 g/mol. The maximum Gasteiger partial charge on any atom is 0.254 e. The van der Waals surface area contributed by atoms with Crippen LogP contribution in [0.5, 0.6) is 0 Å². The normalized spacial score (nSPS) is 12.9. The number of aliphatic hydroxyl groups excluding tert-OH is 4. The molecule has 162 valence electrons.